The van der Waals surface area contributed by atoms with E-state index in [1.807, 2.05) is 13.8 Å². The molecular weight excluding hydrogens is 167 g/mol. The summed E-state index contributed by atoms with van der Waals surface area (Å²) >= 11 is 0. The Balaban J connectivity index is 0.000000396. The fourth-order valence-electron chi connectivity index (χ4n) is 1.08. The predicted octanol–water partition coefficient (Wildman–Crippen LogP) is 3.04. The van der Waals surface area contributed by atoms with Crippen LogP contribution in [-0.2, 0) is 0 Å². The molecule has 2 nitrogen and oxygen atoms in total. The molecule has 0 atom stereocenters. The summed E-state index contributed by atoms with van der Waals surface area (Å²) in [6.45, 7) is 5.74. The standard InChI is InChI=1S/C8H7FN2.C2H6/c1-5-2-6-4-10-11-8(6)3-7(5)9;1-2/h2-4H,1H3,(H,10,11);1-2H3. The third-order valence-electron chi connectivity index (χ3n) is 1.72. The number of nitrogens with one attached hydrogen (secondary N) is 1. The molecule has 70 valence electrons. The number of fused-ring (bicyclic) bond motifs is 1. The molecule has 0 aliphatic carbocycles. The van der Waals surface area contributed by atoms with Crippen LogP contribution in [0.5, 0.6) is 0 Å². The molecule has 0 aliphatic rings. The van der Waals surface area contributed by atoms with Gasteiger partial charge in [0, 0.05) is 5.39 Å². The van der Waals surface area contributed by atoms with Crippen LogP contribution in [0.25, 0.3) is 10.9 Å². The fourth-order valence-corrected chi connectivity index (χ4v) is 1.08. The summed E-state index contributed by atoms with van der Waals surface area (Å²) in [5.74, 6) is -0.193. The van der Waals surface area contributed by atoms with E-state index in [0.717, 1.165) is 10.9 Å². The van der Waals surface area contributed by atoms with Crippen LogP contribution in [-0.4, -0.2) is 10.2 Å². The van der Waals surface area contributed by atoms with Crippen LogP contribution in [0, 0.1) is 12.7 Å². The number of H-pyrrole nitrogens is 1. The van der Waals surface area contributed by atoms with Crippen molar-refractivity contribution in [2.75, 3.05) is 0 Å². The number of benzene rings is 1. The highest BCUT2D eigenvalue weighted by atomic mass is 19.1. The summed E-state index contributed by atoms with van der Waals surface area (Å²) < 4.78 is 12.9. The maximum absolute atomic E-state index is 12.9. The minimum Gasteiger partial charge on any atom is -0.278 e. The second-order valence-corrected chi connectivity index (χ2v) is 2.56. The first kappa shape index (κ1) is 9.71. The van der Waals surface area contributed by atoms with E-state index in [-0.39, 0.29) is 5.82 Å². The van der Waals surface area contributed by atoms with E-state index in [1.54, 1.807) is 19.2 Å². The van der Waals surface area contributed by atoms with Crippen LogP contribution < -0.4 is 0 Å². The van der Waals surface area contributed by atoms with Crippen LogP contribution in [0.3, 0.4) is 0 Å². The summed E-state index contributed by atoms with van der Waals surface area (Å²) in [6, 6.07) is 3.23. The zero-order valence-corrected chi connectivity index (χ0v) is 8.06. The molecule has 1 N–H and O–H groups in total. The largest absolute Gasteiger partial charge is 0.278 e. The van der Waals surface area contributed by atoms with Crippen LogP contribution in [0.2, 0.25) is 0 Å². The van der Waals surface area contributed by atoms with Gasteiger partial charge in [0.2, 0.25) is 0 Å². The van der Waals surface area contributed by atoms with Crippen molar-refractivity contribution in [2.45, 2.75) is 20.8 Å². The molecule has 0 unspecified atom stereocenters. The third kappa shape index (κ3) is 1.86. The van der Waals surface area contributed by atoms with Gasteiger partial charge in [0.15, 0.2) is 0 Å². The monoisotopic (exact) mass is 180 g/mol. The highest BCUT2D eigenvalue weighted by molar-refractivity contribution is 5.78. The molecule has 13 heavy (non-hydrogen) atoms. The van der Waals surface area contributed by atoms with E-state index in [4.69, 9.17) is 0 Å². The van der Waals surface area contributed by atoms with E-state index >= 15 is 0 Å². The van der Waals surface area contributed by atoms with Gasteiger partial charge < -0.3 is 0 Å². The fraction of sp³-hybridized carbons (Fsp3) is 0.300. The van der Waals surface area contributed by atoms with Crippen molar-refractivity contribution < 1.29 is 4.39 Å². The van der Waals surface area contributed by atoms with E-state index < -0.39 is 0 Å². The zero-order valence-electron chi connectivity index (χ0n) is 8.06. The Hall–Kier alpha value is -1.38. The van der Waals surface area contributed by atoms with E-state index in [0.29, 0.717) is 5.56 Å². The lowest BCUT2D eigenvalue weighted by Gasteiger charge is -1.93. The smallest absolute Gasteiger partial charge is 0.128 e. The van der Waals surface area contributed by atoms with Gasteiger partial charge in [-0.3, -0.25) is 5.10 Å². The molecular formula is C10H13FN2. The van der Waals surface area contributed by atoms with Crippen molar-refractivity contribution in [2.24, 2.45) is 0 Å². The molecule has 3 heteroatoms. The predicted molar refractivity (Wildman–Crippen MR) is 52.1 cm³/mol. The number of aromatic nitrogens is 2. The van der Waals surface area contributed by atoms with Crippen molar-refractivity contribution in [1.82, 2.24) is 10.2 Å². The summed E-state index contributed by atoms with van der Waals surface area (Å²) in [5.41, 5.74) is 1.40. The van der Waals surface area contributed by atoms with E-state index in [1.165, 1.54) is 6.07 Å². The van der Waals surface area contributed by atoms with Gasteiger partial charge in [0.1, 0.15) is 5.82 Å². The summed E-state index contributed by atoms with van der Waals surface area (Å²) in [4.78, 5) is 0. The molecule has 0 bridgehead atoms. The van der Waals surface area contributed by atoms with Crippen molar-refractivity contribution in [3.8, 4) is 0 Å². The van der Waals surface area contributed by atoms with Gasteiger partial charge in [0.25, 0.3) is 0 Å². The van der Waals surface area contributed by atoms with Gasteiger partial charge >= 0.3 is 0 Å². The molecule has 0 saturated carbocycles. The Labute approximate surface area is 76.8 Å². The number of hydrogen-bond acceptors (Lipinski definition) is 1. The molecule has 0 radical (unpaired) electrons. The zero-order chi connectivity index (χ0) is 9.84. The summed E-state index contributed by atoms with van der Waals surface area (Å²) in [5, 5.41) is 7.44. The normalized spacial score (nSPS) is 9.54. The SMILES string of the molecule is CC.Cc1cc2cn[nH]c2cc1F. The number of nitrogens with zero attached hydrogens (tertiary/aromatic N) is 1. The first-order valence-corrected chi connectivity index (χ1v) is 4.36. The van der Waals surface area contributed by atoms with Crippen molar-refractivity contribution in [3.63, 3.8) is 0 Å². The molecule has 2 aromatic rings. The van der Waals surface area contributed by atoms with Crippen molar-refractivity contribution in [1.29, 1.82) is 0 Å². The molecule has 1 heterocycles. The Morgan fingerprint density at radius 3 is 2.69 bits per heavy atom. The quantitative estimate of drug-likeness (QED) is 0.663. The topological polar surface area (TPSA) is 28.7 Å². The first-order chi connectivity index (χ1) is 6.27. The third-order valence-corrected chi connectivity index (χ3v) is 1.72. The van der Waals surface area contributed by atoms with Crippen molar-refractivity contribution in [3.05, 3.63) is 29.7 Å². The number of hydrogen-bond donors (Lipinski definition) is 1. The molecule has 0 fully saturated rings. The van der Waals surface area contributed by atoms with Crippen LogP contribution >= 0.6 is 0 Å². The molecule has 0 amide bonds. The van der Waals surface area contributed by atoms with Crippen LogP contribution in [0.15, 0.2) is 18.3 Å². The lowest BCUT2D eigenvalue weighted by molar-refractivity contribution is 0.620. The van der Waals surface area contributed by atoms with Gasteiger partial charge in [-0.05, 0) is 24.6 Å². The average molecular weight is 180 g/mol. The summed E-state index contributed by atoms with van der Waals surface area (Å²) in [6.07, 6.45) is 1.68. The van der Waals surface area contributed by atoms with Gasteiger partial charge in [-0.1, -0.05) is 13.8 Å². The lowest BCUT2D eigenvalue weighted by atomic mass is 10.2. The Morgan fingerprint density at radius 1 is 1.31 bits per heavy atom. The minimum absolute atomic E-state index is 0.193. The Bertz CT molecular complexity index is 357. The van der Waals surface area contributed by atoms with Gasteiger partial charge in [0.05, 0.1) is 11.7 Å². The van der Waals surface area contributed by atoms with E-state index in [9.17, 15) is 4.39 Å². The summed E-state index contributed by atoms with van der Waals surface area (Å²) in [7, 11) is 0. The number of halogens is 1. The number of rotatable bonds is 0. The van der Waals surface area contributed by atoms with Crippen molar-refractivity contribution >= 4 is 10.9 Å². The molecule has 0 saturated heterocycles. The molecule has 1 aromatic carbocycles. The maximum Gasteiger partial charge on any atom is 0.128 e. The Kier molecular flexibility index (Phi) is 3.01. The highest BCUT2D eigenvalue weighted by Gasteiger charge is 2.00. The molecule has 1 aromatic heterocycles. The van der Waals surface area contributed by atoms with Gasteiger partial charge in [-0.2, -0.15) is 5.10 Å². The molecule has 2 rings (SSSR count). The number of aryl methyl sites for hydroxylation is 1. The van der Waals surface area contributed by atoms with Crippen LogP contribution in [0.4, 0.5) is 4.39 Å². The maximum atomic E-state index is 12.9. The minimum atomic E-state index is -0.193. The molecule has 0 aliphatic heterocycles. The average Bonchev–Trinajstić information content (AvgIpc) is 2.56. The number of aromatic amines is 1. The van der Waals surface area contributed by atoms with E-state index in [2.05, 4.69) is 10.2 Å². The second kappa shape index (κ2) is 4.03. The van der Waals surface area contributed by atoms with Crippen LogP contribution in [0.1, 0.15) is 19.4 Å². The molecule has 0 spiro atoms. The Morgan fingerprint density at radius 2 is 2.00 bits per heavy atom. The highest BCUT2D eigenvalue weighted by Crippen LogP contribution is 2.15. The second-order valence-electron chi connectivity index (χ2n) is 2.56. The van der Waals surface area contributed by atoms with Gasteiger partial charge in [-0.15, -0.1) is 0 Å². The van der Waals surface area contributed by atoms with Gasteiger partial charge in [-0.25, -0.2) is 4.39 Å². The lowest BCUT2D eigenvalue weighted by Crippen LogP contribution is -1.80. The first-order valence-electron chi connectivity index (χ1n) is 4.36.